The van der Waals surface area contributed by atoms with E-state index in [1.807, 2.05) is 30.3 Å². The Morgan fingerprint density at radius 3 is 2.54 bits per heavy atom. The summed E-state index contributed by atoms with van der Waals surface area (Å²) in [5.41, 5.74) is 1.49. The maximum absolute atomic E-state index is 12.0. The van der Waals surface area contributed by atoms with Gasteiger partial charge in [0, 0.05) is 11.4 Å². The Morgan fingerprint density at radius 1 is 1.21 bits per heavy atom. The van der Waals surface area contributed by atoms with Crippen molar-refractivity contribution in [2.45, 2.75) is 10.6 Å². The lowest BCUT2D eigenvalue weighted by Gasteiger charge is -2.10. The van der Waals surface area contributed by atoms with Gasteiger partial charge < -0.3 is 10.1 Å². The van der Waals surface area contributed by atoms with Crippen molar-refractivity contribution in [3.05, 3.63) is 54.1 Å². The molecule has 0 aliphatic rings. The molecule has 6 nitrogen and oxygen atoms in total. The van der Waals surface area contributed by atoms with Crippen molar-refractivity contribution < 1.29 is 17.9 Å². The van der Waals surface area contributed by atoms with Gasteiger partial charge in [0.1, 0.15) is 10.6 Å². The minimum absolute atomic E-state index is 0.133. The number of carbonyl (C=O) groups excluding carboxylic acids is 1. The lowest BCUT2D eigenvalue weighted by molar-refractivity contribution is -0.113. The number of nitrogens with two attached hydrogens (primary N) is 1. The largest absolute Gasteiger partial charge is 0.495 e. The van der Waals surface area contributed by atoms with Gasteiger partial charge in [-0.25, -0.2) is 13.6 Å². The second kappa shape index (κ2) is 8.18. The summed E-state index contributed by atoms with van der Waals surface area (Å²) in [7, 11) is -2.59. The molecule has 0 bridgehead atoms. The highest BCUT2D eigenvalue weighted by Crippen LogP contribution is 2.26. The van der Waals surface area contributed by atoms with Gasteiger partial charge in [-0.05, 0) is 23.8 Å². The van der Waals surface area contributed by atoms with E-state index in [1.165, 1.54) is 31.0 Å². The van der Waals surface area contributed by atoms with E-state index in [-0.39, 0.29) is 22.3 Å². The summed E-state index contributed by atoms with van der Waals surface area (Å²) in [5, 5.41) is 7.81. The third-order valence-electron chi connectivity index (χ3n) is 3.10. The van der Waals surface area contributed by atoms with Crippen LogP contribution in [0.3, 0.4) is 0 Å². The van der Waals surface area contributed by atoms with Crippen LogP contribution in [0.4, 0.5) is 5.69 Å². The number of sulfonamides is 1. The lowest BCUT2D eigenvalue weighted by Crippen LogP contribution is -2.17. The van der Waals surface area contributed by atoms with Crippen LogP contribution in [0, 0.1) is 0 Å². The SMILES string of the molecule is COc1ccc(NC(=O)CSCc2ccccc2)cc1S(N)(=O)=O. The molecule has 0 spiro atoms. The zero-order valence-electron chi connectivity index (χ0n) is 13.1. The summed E-state index contributed by atoms with van der Waals surface area (Å²) in [6, 6.07) is 14.1. The maximum Gasteiger partial charge on any atom is 0.241 e. The molecule has 0 fully saturated rings. The molecule has 0 aromatic heterocycles. The van der Waals surface area contributed by atoms with Gasteiger partial charge in [0.25, 0.3) is 0 Å². The van der Waals surface area contributed by atoms with E-state index in [2.05, 4.69) is 5.32 Å². The van der Waals surface area contributed by atoms with E-state index in [1.54, 1.807) is 6.07 Å². The molecule has 2 aromatic carbocycles. The maximum atomic E-state index is 12.0. The highest BCUT2D eigenvalue weighted by Gasteiger charge is 2.16. The molecule has 3 N–H and O–H groups in total. The Labute approximate surface area is 145 Å². The first-order chi connectivity index (χ1) is 11.4. The average Bonchev–Trinajstić information content (AvgIpc) is 2.55. The van der Waals surface area contributed by atoms with Gasteiger partial charge in [-0.3, -0.25) is 4.79 Å². The number of thioether (sulfide) groups is 1. The molecule has 0 heterocycles. The number of amides is 1. The zero-order valence-corrected chi connectivity index (χ0v) is 14.7. The fourth-order valence-corrected chi connectivity index (χ4v) is 3.52. The quantitative estimate of drug-likeness (QED) is 0.783. The van der Waals surface area contributed by atoms with Crippen LogP contribution >= 0.6 is 11.8 Å². The Balaban J connectivity index is 1.96. The molecule has 0 aliphatic heterocycles. The molecular formula is C16H18N2O4S2. The number of nitrogens with one attached hydrogen (secondary N) is 1. The van der Waals surface area contributed by atoms with Gasteiger partial charge in [-0.2, -0.15) is 0 Å². The smallest absolute Gasteiger partial charge is 0.241 e. The Hall–Kier alpha value is -2.03. The van der Waals surface area contributed by atoms with Crippen LogP contribution in [0.2, 0.25) is 0 Å². The standard InChI is InChI=1S/C16H18N2O4S2/c1-22-14-8-7-13(9-15(14)24(17,20)21)18-16(19)11-23-10-12-5-3-2-4-6-12/h2-9H,10-11H2,1H3,(H,18,19)(H2,17,20,21). The number of carbonyl (C=O) groups is 1. The molecule has 0 atom stereocenters. The summed E-state index contributed by atoms with van der Waals surface area (Å²) in [5.74, 6) is 0.890. The van der Waals surface area contributed by atoms with Gasteiger partial charge in [0.05, 0.1) is 12.9 Å². The molecule has 2 aromatic rings. The minimum Gasteiger partial charge on any atom is -0.495 e. The van der Waals surface area contributed by atoms with Gasteiger partial charge in [0.15, 0.2) is 0 Å². The van der Waals surface area contributed by atoms with Crippen molar-refractivity contribution in [3.63, 3.8) is 0 Å². The van der Waals surface area contributed by atoms with Gasteiger partial charge in [-0.1, -0.05) is 30.3 Å². The molecule has 0 saturated carbocycles. The number of benzene rings is 2. The Morgan fingerprint density at radius 2 is 1.92 bits per heavy atom. The van der Waals surface area contributed by atoms with E-state index < -0.39 is 10.0 Å². The Kier molecular flexibility index (Phi) is 6.24. The summed E-state index contributed by atoms with van der Waals surface area (Å²) in [6.45, 7) is 0. The first-order valence-electron chi connectivity index (χ1n) is 7.02. The van der Waals surface area contributed by atoms with Crippen LogP contribution in [0.15, 0.2) is 53.4 Å². The molecule has 128 valence electrons. The van der Waals surface area contributed by atoms with Crippen LogP contribution < -0.4 is 15.2 Å². The first-order valence-corrected chi connectivity index (χ1v) is 9.72. The van der Waals surface area contributed by atoms with Crippen molar-refractivity contribution >= 4 is 33.4 Å². The highest BCUT2D eigenvalue weighted by molar-refractivity contribution is 7.99. The van der Waals surface area contributed by atoms with Crippen LogP contribution in [-0.2, 0) is 20.6 Å². The van der Waals surface area contributed by atoms with E-state index in [4.69, 9.17) is 9.88 Å². The topological polar surface area (TPSA) is 98.5 Å². The van der Waals surface area contributed by atoms with Crippen molar-refractivity contribution in [1.29, 1.82) is 0 Å². The summed E-state index contributed by atoms with van der Waals surface area (Å²) in [4.78, 5) is 11.8. The van der Waals surface area contributed by atoms with E-state index >= 15 is 0 Å². The normalized spacial score (nSPS) is 11.1. The number of hydrogen-bond acceptors (Lipinski definition) is 5. The summed E-state index contributed by atoms with van der Waals surface area (Å²) < 4.78 is 28.1. The molecule has 0 saturated heterocycles. The van der Waals surface area contributed by atoms with E-state index in [0.717, 1.165) is 11.3 Å². The van der Waals surface area contributed by atoms with Crippen LogP contribution in [0.25, 0.3) is 0 Å². The van der Waals surface area contributed by atoms with Crippen LogP contribution in [0.5, 0.6) is 5.75 Å². The molecule has 24 heavy (non-hydrogen) atoms. The second-order valence-electron chi connectivity index (χ2n) is 4.94. The first kappa shape index (κ1) is 18.3. The number of anilines is 1. The van der Waals surface area contributed by atoms with Gasteiger partial charge >= 0.3 is 0 Å². The third-order valence-corrected chi connectivity index (χ3v) is 5.03. The number of ether oxygens (including phenoxy) is 1. The van der Waals surface area contributed by atoms with Crippen LogP contribution in [0.1, 0.15) is 5.56 Å². The monoisotopic (exact) mass is 366 g/mol. The predicted molar refractivity (Wildman–Crippen MR) is 95.6 cm³/mol. The second-order valence-corrected chi connectivity index (χ2v) is 7.45. The number of methoxy groups -OCH3 is 1. The number of hydrogen-bond donors (Lipinski definition) is 2. The Bertz CT molecular complexity index is 808. The van der Waals surface area contributed by atoms with E-state index in [9.17, 15) is 13.2 Å². The molecule has 8 heteroatoms. The molecule has 0 unspecified atom stereocenters. The minimum atomic E-state index is -3.94. The number of primary sulfonamides is 1. The zero-order chi connectivity index (χ0) is 17.6. The molecule has 0 radical (unpaired) electrons. The number of rotatable bonds is 7. The van der Waals surface area contributed by atoms with Crippen molar-refractivity contribution in [1.82, 2.24) is 0 Å². The van der Waals surface area contributed by atoms with Crippen molar-refractivity contribution in [2.75, 3.05) is 18.2 Å². The highest BCUT2D eigenvalue weighted by atomic mass is 32.2. The third kappa shape index (κ3) is 5.26. The van der Waals surface area contributed by atoms with Gasteiger partial charge in [-0.15, -0.1) is 11.8 Å². The van der Waals surface area contributed by atoms with Crippen LogP contribution in [-0.4, -0.2) is 27.2 Å². The average molecular weight is 366 g/mol. The molecular weight excluding hydrogens is 348 g/mol. The fraction of sp³-hybridized carbons (Fsp3) is 0.188. The molecule has 1 amide bonds. The molecule has 2 rings (SSSR count). The molecule has 0 aliphatic carbocycles. The van der Waals surface area contributed by atoms with E-state index in [0.29, 0.717) is 5.69 Å². The van der Waals surface area contributed by atoms with Crippen molar-refractivity contribution in [3.8, 4) is 5.75 Å². The predicted octanol–water partition coefficient (Wildman–Crippen LogP) is 2.21. The lowest BCUT2D eigenvalue weighted by atomic mass is 10.2. The summed E-state index contributed by atoms with van der Waals surface area (Å²) in [6.07, 6.45) is 0. The van der Waals surface area contributed by atoms with Gasteiger partial charge in [0.2, 0.25) is 15.9 Å². The summed E-state index contributed by atoms with van der Waals surface area (Å²) >= 11 is 1.47. The fourth-order valence-electron chi connectivity index (χ4n) is 2.01. The van der Waals surface area contributed by atoms with Crippen molar-refractivity contribution in [2.24, 2.45) is 5.14 Å².